The van der Waals surface area contributed by atoms with E-state index < -0.39 is 16.9 Å². The number of benzene rings is 2. The Hall–Kier alpha value is -4.58. The molecule has 9 nitrogen and oxygen atoms in total. The van der Waals surface area contributed by atoms with Crippen LogP contribution in [0.2, 0.25) is 5.02 Å². The summed E-state index contributed by atoms with van der Waals surface area (Å²) >= 11 is 8.90. The van der Waals surface area contributed by atoms with E-state index in [4.69, 9.17) is 25.7 Å². The Bertz CT molecular complexity index is 2040. The minimum Gasteiger partial charge on any atom is -0.463 e. The summed E-state index contributed by atoms with van der Waals surface area (Å²) in [7, 11) is 0. The standard InChI is InChI=1S/C30H20ClN3O6S2/c1-2-39-29(36)25-26(17-7-4-3-5-8-17)32-30-33(27(25)23-9-6-14-41-23)28(35)24(42-30)16-19-11-13-22(40-19)20-12-10-18(34(37)38)15-21(20)31/h3-16,27H,2H2,1H3. The Morgan fingerprint density at radius 1 is 1.17 bits per heavy atom. The van der Waals surface area contributed by atoms with Gasteiger partial charge in [0, 0.05) is 34.2 Å². The fourth-order valence-corrected chi connectivity index (χ4v) is 6.75. The second-order valence-corrected chi connectivity index (χ2v) is 11.5. The van der Waals surface area contributed by atoms with Crippen molar-refractivity contribution in [1.29, 1.82) is 0 Å². The molecule has 5 aromatic rings. The van der Waals surface area contributed by atoms with Crippen LogP contribution < -0.4 is 14.9 Å². The first kappa shape index (κ1) is 27.6. The highest BCUT2D eigenvalue weighted by Crippen LogP contribution is 2.37. The second kappa shape index (κ2) is 11.4. The van der Waals surface area contributed by atoms with Crippen LogP contribution in [0, 0.1) is 10.1 Å². The van der Waals surface area contributed by atoms with Crippen LogP contribution in [0.1, 0.15) is 29.2 Å². The Morgan fingerprint density at radius 3 is 2.67 bits per heavy atom. The highest BCUT2D eigenvalue weighted by atomic mass is 35.5. The Kier molecular flexibility index (Phi) is 7.46. The largest absolute Gasteiger partial charge is 0.463 e. The molecule has 0 fully saturated rings. The molecule has 0 N–H and O–H groups in total. The maximum absolute atomic E-state index is 13.9. The summed E-state index contributed by atoms with van der Waals surface area (Å²) < 4.78 is 13.3. The predicted molar refractivity (Wildman–Crippen MR) is 161 cm³/mol. The molecule has 42 heavy (non-hydrogen) atoms. The number of non-ortho nitro benzene ring substituents is 1. The van der Waals surface area contributed by atoms with E-state index in [2.05, 4.69) is 0 Å². The number of nitro benzene ring substituents is 1. The van der Waals surface area contributed by atoms with Crippen LogP contribution in [-0.2, 0) is 9.53 Å². The summed E-state index contributed by atoms with van der Waals surface area (Å²) in [6, 6.07) is 19.8. The van der Waals surface area contributed by atoms with Crippen LogP contribution in [0.3, 0.4) is 0 Å². The lowest BCUT2D eigenvalue weighted by Crippen LogP contribution is -2.39. The van der Waals surface area contributed by atoms with E-state index in [9.17, 15) is 19.7 Å². The summed E-state index contributed by atoms with van der Waals surface area (Å²) in [6.45, 7) is 1.91. The number of thiazole rings is 1. The van der Waals surface area contributed by atoms with Crippen LogP contribution in [0.4, 0.5) is 5.69 Å². The molecule has 6 rings (SSSR count). The molecule has 0 bridgehead atoms. The van der Waals surface area contributed by atoms with Gasteiger partial charge in [-0.15, -0.1) is 11.3 Å². The number of nitrogens with zero attached hydrogens (tertiary/aromatic N) is 3. The van der Waals surface area contributed by atoms with Gasteiger partial charge in [-0.1, -0.05) is 59.3 Å². The normalized spacial score (nSPS) is 14.9. The molecular formula is C30H20ClN3O6S2. The summed E-state index contributed by atoms with van der Waals surface area (Å²) in [5.41, 5.74) is 1.49. The van der Waals surface area contributed by atoms with Gasteiger partial charge < -0.3 is 9.15 Å². The third-order valence-corrected chi connectivity index (χ3v) is 8.74. The number of furan rings is 1. The number of hydrogen-bond acceptors (Lipinski definition) is 9. The van der Waals surface area contributed by atoms with Crippen molar-refractivity contribution < 1.29 is 18.9 Å². The molecule has 0 radical (unpaired) electrons. The van der Waals surface area contributed by atoms with Crippen molar-refractivity contribution in [3.63, 3.8) is 0 Å². The zero-order valence-corrected chi connectivity index (χ0v) is 24.2. The van der Waals surface area contributed by atoms with Crippen molar-refractivity contribution in [2.24, 2.45) is 4.99 Å². The minimum absolute atomic E-state index is 0.131. The average molecular weight is 618 g/mol. The molecule has 0 spiro atoms. The molecule has 0 aliphatic carbocycles. The number of halogens is 1. The summed E-state index contributed by atoms with van der Waals surface area (Å²) in [6.07, 6.45) is 1.61. The van der Waals surface area contributed by atoms with Crippen LogP contribution in [-0.4, -0.2) is 22.1 Å². The van der Waals surface area contributed by atoms with E-state index in [1.54, 1.807) is 25.1 Å². The smallest absolute Gasteiger partial charge is 0.338 e. The first-order valence-electron chi connectivity index (χ1n) is 12.7. The van der Waals surface area contributed by atoms with Crippen molar-refractivity contribution in [3.8, 4) is 11.3 Å². The summed E-state index contributed by atoms with van der Waals surface area (Å²) in [5.74, 6) is 0.232. The minimum atomic E-state index is -0.733. The maximum atomic E-state index is 13.9. The van der Waals surface area contributed by atoms with Gasteiger partial charge in [-0.2, -0.15) is 0 Å². The number of aromatic nitrogens is 1. The van der Waals surface area contributed by atoms with E-state index >= 15 is 0 Å². The highest BCUT2D eigenvalue weighted by molar-refractivity contribution is 7.10. The van der Waals surface area contributed by atoms with Gasteiger partial charge in [-0.05, 0) is 36.6 Å². The Labute approximate surface area is 251 Å². The number of esters is 1. The zero-order chi connectivity index (χ0) is 29.4. The SMILES string of the molecule is CCOC(=O)C1=C(c2ccccc2)N=c2sc(=Cc3ccc(-c4ccc([N+](=O)[O-])cc4Cl)o3)c(=O)n2C1c1cccs1. The number of carbonyl (C=O) groups is 1. The van der Waals surface area contributed by atoms with Gasteiger partial charge in [-0.3, -0.25) is 19.5 Å². The average Bonchev–Trinajstić information content (AvgIpc) is 3.74. The molecule has 4 heterocycles. The summed E-state index contributed by atoms with van der Waals surface area (Å²) in [5, 5.41) is 13.1. The van der Waals surface area contributed by atoms with Gasteiger partial charge in [-0.25, -0.2) is 9.79 Å². The number of thiophene rings is 1. The lowest BCUT2D eigenvalue weighted by atomic mass is 9.97. The first-order chi connectivity index (χ1) is 20.4. The van der Waals surface area contributed by atoms with E-state index in [1.165, 1.54) is 45.4 Å². The van der Waals surface area contributed by atoms with Crippen molar-refractivity contribution in [2.75, 3.05) is 6.61 Å². The number of ether oxygens (including phenoxy) is 1. The maximum Gasteiger partial charge on any atom is 0.338 e. The Morgan fingerprint density at radius 2 is 1.98 bits per heavy atom. The van der Waals surface area contributed by atoms with Gasteiger partial charge in [0.2, 0.25) is 0 Å². The van der Waals surface area contributed by atoms with Gasteiger partial charge in [0.1, 0.15) is 17.6 Å². The zero-order valence-electron chi connectivity index (χ0n) is 21.9. The number of carbonyl (C=O) groups excluding carboxylic acids is 1. The van der Waals surface area contributed by atoms with Crippen molar-refractivity contribution in [2.45, 2.75) is 13.0 Å². The van der Waals surface area contributed by atoms with E-state index in [0.29, 0.717) is 32.1 Å². The second-order valence-electron chi connectivity index (χ2n) is 9.07. The summed E-state index contributed by atoms with van der Waals surface area (Å²) in [4.78, 5) is 43.9. The van der Waals surface area contributed by atoms with Crippen LogP contribution in [0.15, 0.2) is 98.0 Å². The quantitative estimate of drug-likeness (QED) is 0.129. The van der Waals surface area contributed by atoms with Crippen molar-refractivity contribution in [3.05, 3.63) is 135 Å². The lowest BCUT2D eigenvalue weighted by molar-refractivity contribution is -0.384. The predicted octanol–water partition coefficient (Wildman–Crippen LogP) is 5.82. The third kappa shape index (κ3) is 5.02. The van der Waals surface area contributed by atoms with E-state index in [1.807, 2.05) is 47.8 Å². The fourth-order valence-electron chi connectivity index (χ4n) is 4.68. The number of fused-ring (bicyclic) bond motifs is 1. The molecular weight excluding hydrogens is 598 g/mol. The highest BCUT2D eigenvalue weighted by Gasteiger charge is 2.35. The topological polar surface area (TPSA) is 117 Å². The fraction of sp³-hybridized carbons (Fsp3) is 0.100. The number of nitro groups is 1. The van der Waals surface area contributed by atoms with Gasteiger partial charge in [0.05, 0.1) is 32.4 Å². The van der Waals surface area contributed by atoms with Crippen LogP contribution >= 0.6 is 34.3 Å². The molecule has 1 aliphatic heterocycles. The monoisotopic (exact) mass is 617 g/mol. The van der Waals surface area contributed by atoms with Gasteiger partial charge in [0.15, 0.2) is 4.80 Å². The number of rotatable bonds is 7. The van der Waals surface area contributed by atoms with Gasteiger partial charge >= 0.3 is 5.97 Å². The molecule has 0 amide bonds. The molecule has 210 valence electrons. The van der Waals surface area contributed by atoms with Crippen LogP contribution in [0.5, 0.6) is 0 Å². The first-order valence-corrected chi connectivity index (χ1v) is 14.8. The molecule has 1 unspecified atom stereocenters. The molecule has 1 atom stereocenters. The van der Waals surface area contributed by atoms with Crippen LogP contribution in [0.25, 0.3) is 23.1 Å². The van der Waals surface area contributed by atoms with Crippen molar-refractivity contribution >= 4 is 57.7 Å². The molecule has 1 aliphatic rings. The number of hydrogen-bond donors (Lipinski definition) is 0. The van der Waals surface area contributed by atoms with E-state index in [0.717, 1.165) is 10.4 Å². The van der Waals surface area contributed by atoms with Crippen molar-refractivity contribution in [1.82, 2.24) is 4.57 Å². The molecule has 2 aromatic carbocycles. The molecule has 0 saturated heterocycles. The Balaban J connectivity index is 1.50. The third-order valence-electron chi connectivity index (χ3n) is 6.52. The molecule has 12 heteroatoms. The lowest BCUT2D eigenvalue weighted by Gasteiger charge is -2.24. The molecule has 3 aromatic heterocycles. The van der Waals surface area contributed by atoms with Gasteiger partial charge in [0.25, 0.3) is 11.2 Å². The van der Waals surface area contributed by atoms with E-state index in [-0.39, 0.29) is 28.4 Å². The molecule has 0 saturated carbocycles.